The van der Waals surface area contributed by atoms with E-state index in [1.54, 1.807) is 25.1 Å². The number of hydrogen-bond donors (Lipinski definition) is 2. The topological polar surface area (TPSA) is 94.1 Å². The van der Waals surface area contributed by atoms with Crippen LogP contribution < -0.4 is 20.3 Å². The number of para-hydroxylation sites is 1. The van der Waals surface area contributed by atoms with Crippen LogP contribution in [0.5, 0.6) is 11.5 Å². The summed E-state index contributed by atoms with van der Waals surface area (Å²) >= 11 is 0. The molecule has 0 atom stereocenters. The highest BCUT2D eigenvalue weighted by molar-refractivity contribution is 5.74. The van der Waals surface area contributed by atoms with Crippen molar-refractivity contribution >= 4 is 17.0 Å². The largest absolute Gasteiger partial charge is 0.493 e. The molecule has 2 N–H and O–H groups in total. The highest BCUT2D eigenvalue weighted by Gasteiger charge is 2.20. The van der Waals surface area contributed by atoms with Gasteiger partial charge in [-0.3, -0.25) is 9.78 Å². The molecule has 0 spiro atoms. The molecule has 2 heterocycles. The molecule has 0 amide bonds. The number of nitrogens with one attached hydrogen (secondary N) is 2. The van der Waals surface area contributed by atoms with E-state index in [2.05, 4.69) is 20.4 Å². The number of benzene rings is 1. The van der Waals surface area contributed by atoms with Gasteiger partial charge in [-0.05, 0) is 26.8 Å². The third-order valence-electron chi connectivity index (χ3n) is 4.00. The molecule has 138 valence electrons. The average Bonchev–Trinajstić information content (AvgIpc) is 3.04. The molecule has 8 nitrogen and oxygen atoms in total. The van der Waals surface area contributed by atoms with Crippen molar-refractivity contribution in [3.63, 3.8) is 0 Å². The lowest BCUT2D eigenvalue weighted by molar-refractivity contribution is 0.352. The van der Waals surface area contributed by atoms with Crippen molar-refractivity contribution in [2.45, 2.75) is 32.9 Å². The minimum absolute atomic E-state index is 0.231. The van der Waals surface area contributed by atoms with Crippen LogP contribution >= 0.6 is 0 Å². The molecule has 3 rings (SSSR count). The van der Waals surface area contributed by atoms with Crippen LogP contribution in [0.15, 0.2) is 29.2 Å². The van der Waals surface area contributed by atoms with E-state index in [-0.39, 0.29) is 11.1 Å². The molecule has 0 aliphatic carbocycles. The number of ether oxygens (including phenoxy) is 2. The smallest absolute Gasteiger partial charge is 0.263 e. The van der Waals surface area contributed by atoms with Gasteiger partial charge >= 0.3 is 0 Å². The highest BCUT2D eigenvalue weighted by atomic mass is 16.5. The van der Waals surface area contributed by atoms with E-state index in [4.69, 9.17) is 9.47 Å². The van der Waals surface area contributed by atoms with Gasteiger partial charge in [0.2, 0.25) is 5.95 Å². The predicted molar refractivity (Wildman–Crippen MR) is 100 cm³/mol. The fourth-order valence-electron chi connectivity index (χ4n) is 2.76. The van der Waals surface area contributed by atoms with E-state index in [1.165, 1.54) is 0 Å². The molecule has 0 aliphatic rings. The van der Waals surface area contributed by atoms with Crippen molar-refractivity contribution in [3.8, 4) is 11.5 Å². The monoisotopic (exact) mass is 357 g/mol. The van der Waals surface area contributed by atoms with Crippen molar-refractivity contribution < 1.29 is 9.47 Å². The van der Waals surface area contributed by atoms with Gasteiger partial charge in [0.15, 0.2) is 17.1 Å². The summed E-state index contributed by atoms with van der Waals surface area (Å²) in [7, 11) is 3.19. The Bertz CT molecular complexity index is 985. The van der Waals surface area contributed by atoms with Gasteiger partial charge in [0.1, 0.15) is 5.39 Å². The first kappa shape index (κ1) is 17.8. The molecule has 26 heavy (non-hydrogen) atoms. The fourth-order valence-corrected chi connectivity index (χ4v) is 2.76. The molecule has 1 aromatic carbocycles. The summed E-state index contributed by atoms with van der Waals surface area (Å²) < 4.78 is 12.5. The normalized spacial score (nSPS) is 11.6. The minimum atomic E-state index is -0.282. The van der Waals surface area contributed by atoms with Crippen LogP contribution in [0.3, 0.4) is 0 Å². The van der Waals surface area contributed by atoms with Crippen LogP contribution in [0.4, 0.5) is 5.95 Å². The molecular formula is C18H23N5O3. The Hall–Kier alpha value is -3.03. The third-order valence-corrected chi connectivity index (χ3v) is 4.00. The summed E-state index contributed by atoms with van der Waals surface area (Å²) in [6.07, 6.45) is 1.54. The number of fused-ring (bicyclic) bond motifs is 1. The van der Waals surface area contributed by atoms with E-state index < -0.39 is 0 Å². The van der Waals surface area contributed by atoms with Gasteiger partial charge in [0.25, 0.3) is 5.56 Å². The van der Waals surface area contributed by atoms with E-state index in [0.717, 1.165) is 5.56 Å². The minimum Gasteiger partial charge on any atom is -0.493 e. The van der Waals surface area contributed by atoms with E-state index in [9.17, 15) is 4.79 Å². The summed E-state index contributed by atoms with van der Waals surface area (Å²) in [5.74, 6) is 1.67. The fraction of sp³-hybridized carbons (Fsp3) is 0.389. The first-order valence-electron chi connectivity index (χ1n) is 8.27. The van der Waals surface area contributed by atoms with Gasteiger partial charge in [-0.2, -0.15) is 10.1 Å². The molecule has 2 aromatic heterocycles. The Morgan fingerprint density at radius 1 is 1.23 bits per heavy atom. The molecule has 0 radical (unpaired) electrons. The molecule has 0 bridgehead atoms. The van der Waals surface area contributed by atoms with Crippen LogP contribution in [-0.4, -0.2) is 34.0 Å². The van der Waals surface area contributed by atoms with Gasteiger partial charge in [-0.25, -0.2) is 4.68 Å². The van der Waals surface area contributed by atoms with Crippen LogP contribution in [0.2, 0.25) is 0 Å². The lowest BCUT2D eigenvalue weighted by Crippen LogP contribution is -2.24. The molecule has 8 heteroatoms. The molecule has 0 unspecified atom stereocenters. The first-order valence-corrected chi connectivity index (χ1v) is 8.27. The zero-order valence-corrected chi connectivity index (χ0v) is 15.6. The second kappa shape index (κ2) is 6.70. The lowest BCUT2D eigenvalue weighted by atomic mass is 10.1. The summed E-state index contributed by atoms with van der Waals surface area (Å²) in [6, 6.07) is 5.63. The Kier molecular flexibility index (Phi) is 4.58. The highest BCUT2D eigenvalue weighted by Crippen LogP contribution is 2.31. The van der Waals surface area contributed by atoms with Gasteiger partial charge in [-0.15, -0.1) is 0 Å². The van der Waals surface area contributed by atoms with E-state index >= 15 is 0 Å². The molecule has 0 fully saturated rings. The van der Waals surface area contributed by atoms with Crippen molar-refractivity contribution in [2.24, 2.45) is 0 Å². The third kappa shape index (κ3) is 3.22. The van der Waals surface area contributed by atoms with Crippen molar-refractivity contribution in [2.75, 3.05) is 19.5 Å². The molecule has 0 aliphatic heterocycles. The Balaban J connectivity index is 1.94. The van der Waals surface area contributed by atoms with Crippen LogP contribution in [0.1, 0.15) is 26.3 Å². The molecular weight excluding hydrogens is 334 g/mol. The SMILES string of the molecule is COc1cccc(CNc2nc3c(cnn3C(C)(C)C)c(=O)[nH]2)c1OC. The Morgan fingerprint density at radius 2 is 2.00 bits per heavy atom. The van der Waals surface area contributed by atoms with E-state index in [0.29, 0.717) is 35.0 Å². The zero-order chi connectivity index (χ0) is 18.9. The lowest BCUT2D eigenvalue weighted by Gasteiger charge is -2.19. The summed E-state index contributed by atoms with van der Waals surface area (Å²) in [4.78, 5) is 19.6. The number of aromatic nitrogens is 4. The van der Waals surface area contributed by atoms with Crippen LogP contribution in [0.25, 0.3) is 11.0 Å². The maximum atomic E-state index is 12.3. The van der Waals surface area contributed by atoms with Crippen molar-refractivity contribution in [1.82, 2.24) is 19.7 Å². The van der Waals surface area contributed by atoms with Crippen LogP contribution in [-0.2, 0) is 12.1 Å². The van der Waals surface area contributed by atoms with Gasteiger partial charge in [0, 0.05) is 12.1 Å². The first-order chi connectivity index (χ1) is 12.3. The van der Waals surface area contributed by atoms with Gasteiger partial charge in [-0.1, -0.05) is 12.1 Å². The molecule has 0 saturated carbocycles. The summed E-state index contributed by atoms with van der Waals surface area (Å²) in [6.45, 7) is 6.45. The van der Waals surface area contributed by atoms with Crippen molar-refractivity contribution in [1.29, 1.82) is 0 Å². The summed E-state index contributed by atoms with van der Waals surface area (Å²) in [5.41, 5.74) is 0.918. The quantitative estimate of drug-likeness (QED) is 0.729. The average molecular weight is 357 g/mol. The number of H-pyrrole nitrogens is 1. The van der Waals surface area contributed by atoms with Gasteiger partial charge in [0.05, 0.1) is 26.0 Å². The number of nitrogens with zero attached hydrogens (tertiary/aromatic N) is 3. The van der Waals surface area contributed by atoms with Crippen molar-refractivity contribution in [3.05, 3.63) is 40.3 Å². The second-order valence-electron chi connectivity index (χ2n) is 6.89. The molecule has 3 aromatic rings. The van der Waals surface area contributed by atoms with E-state index in [1.807, 2.05) is 39.0 Å². The maximum absolute atomic E-state index is 12.3. The number of methoxy groups -OCH3 is 2. The standard InChI is InChI=1S/C18H23N5O3/c1-18(2,3)23-15-12(10-20-23)16(24)22-17(21-15)19-9-11-7-6-8-13(25-4)14(11)26-5/h6-8,10H,9H2,1-5H3,(H2,19,21,22,24). The number of rotatable bonds is 5. The predicted octanol–water partition coefficient (Wildman–Crippen LogP) is 2.50. The second-order valence-corrected chi connectivity index (χ2v) is 6.89. The van der Waals surface area contributed by atoms with Gasteiger partial charge < -0.3 is 14.8 Å². The van der Waals surface area contributed by atoms with Crippen LogP contribution in [0, 0.1) is 0 Å². The number of anilines is 1. The molecule has 0 saturated heterocycles. The maximum Gasteiger partial charge on any atom is 0.263 e. The Labute approximate surface area is 151 Å². The summed E-state index contributed by atoms with van der Waals surface area (Å²) in [5, 5.41) is 7.91. The Morgan fingerprint density at radius 3 is 2.65 bits per heavy atom. The number of aromatic amines is 1. The zero-order valence-electron chi connectivity index (χ0n) is 15.6. The number of hydrogen-bond acceptors (Lipinski definition) is 6.